The molecule has 2 aromatic carbocycles. The van der Waals surface area contributed by atoms with Crippen molar-refractivity contribution in [3.63, 3.8) is 0 Å². The van der Waals surface area contributed by atoms with Crippen molar-refractivity contribution >= 4 is 46.3 Å². The zero-order valence-corrected chi connectivity index (χ0v) is 17.0. The molecule has 1 heterocycles. The largest absolute Gasteiger partial charge is 0.495 e. The quantitative estimate of drug-likeness (QED) is 0.360. The number of carbonyl (C=O) groups excluding carboxylic acids is 1. The number of carbonyl (C=O) groups is 1. The number of methoxy groups -OCH3 is 1. The van der Waals surface area contributed by atoms with Crippen molar-refractivity contribution in [2.75, 3.05) is 13.7 Å². The molecule has 0 radical (unpaired) electrons. The van der Waals surface area contributed by atoms with Crippen LogP contribution in [-0.4, -0.2) is 25.8 Å². The number of nitrogens with one attached hydrogen (secondary N) is 1. The molecule has 0 unspecified atom stereocenters. The fourth-order valence-electron chi connectivity index (χ4n) is 2.64. The third-order valence-electron chi connectivity index (χ3n) is 3.93. The fourth-order valence-corrected chi connectivity index (χ4v) is 3.23. The number of nitrogens with zero attached hydrogens (tertiary/aromatic N) is 1. The number of hydrazone groups is 1. The van der Waals surface area contributed by atoms with Crippen molar-refractivity contribution in [3.8, 4) is 11.5 Å². The Labute approximate surface area is 175 Å². The molecule has 0 saturated heterocycles. The zero-order chi connectivity index (χ0) is 21.0. The van der Waals surface area contributed by atoms with E-state index in [1.54, 1.807) is 30.3 Å². The highest BCUT2D eigenvalue weighted by Crippen LogP contribution is 2.31. The Hall–Kier alpha value is -3.03. The van der Waals surface area contributed by atoms with Crippen LogP contribution < -0.4 is 20.5 Å². The molecule has 9 heteroatoms. The Morgan fingerprint density at radius 1 is 1.24 bits per heavy atom. The highest BCUT2D eigenvalue weighted by Gasteiger charge is 2.09. The van der Waals surface area contributed by atoms with Gasteiger partial charge in [-0.2, -0.15) is 5.10 Å². The Morgan fingerprint density at radius 3 is 2.79 bits per heavy atom. The molecule has 150 valence electrons. The van der Waals surface area contributed by atoms with Crippen molar-refractivity contribution in [1.82, 2.24) is 5.43 Å². The average Bonchev–Trinajstić information content (AvgIpc) is 2.65. The van der Waals surface area contributed by atoms with E-state index in [4.69, 9.17) is 37.1 Å². The van der Waals surface area contributed by atoms with E-state index in [1.165, 1.54) is 19.4 Å². The van der Waals surface area contributed by atoms with E-state index >= 15 is 0 Å². The lowest BCUT2D eigenvalue weighted by molar-refractivity contribution is -0.123. The molecule has 0 atom stereocenters. The van der Waals surface area contributed by atoms with Gasteiger partial charge in [-0.1, -0.05) is 23.2 Å². The van der Waals surface area contributed by atoms with Crippen LogP contribution in [0.5, 0.6) is 11.5 Å². The van der Waals surface area contributed by atoms with Crippen LogP contribution in [0.1, 0.15) is 11.1 Å². The summed E-state index contributed by atoms with van der Waals surface area (Å²) in [6.45, 7) is 1.53. The summed E-state index contributed by atoms with van der Waals surface area (Å²) in [4.78, 5) is 23.5. The zero-order valence-electron chi connectivity index (χ0n) is 15.5. The second-order valence-electron chi connectivity index (χ2n) is 6.00. The minimum Gasteiger partial charge on any atom is -0.495 e. The first-order chi connectivity index (χ1) is 13.9. The van der Waals surface area contributed by atoms with Crippen molar-refractivity contribution in [2.45, 2.75) is 6.92 Å². The molecular weight excluding hydrogens is 419 g/mol. The second-order valence-corrected chi connectivity index (χ2v) is 6.84. The average molecular weight is 435 g/mol. The number of ether oxygens (including phenoxy) is 2. The van der Waals surface area contributed by atoms with Gasteiger partial charge in [-0.15, -0.1) is 0 Å². The van der Waals surface area contributed by atoms with Crippen LogP contribution in [0.25, 0.3) is 11.0 Å². The maximum atomic E-state index is 12.0. The SMILES string of the molecule is COc1c(Cl)cc(Cl)cc1/C=N/NC(=O)COc1ccc2c(C)cc(=O)oc2c1. The molecule has 3 aromatic rings. The molecule has 0 bridgehead atoms. The maximum absolute atomic E-state index is 12.0. The number of rotatable bonds is 6. The summed E-state index contributed by atoms with van der Waals surface area (Å²) in [5.74, 6) is 0.283. The van der Waals surface area contributed by atoms with Crippen LogP contribution in [-0.2, 0) is 4.79 Å². The molecule has 0 aliphatic carbocycles. The number of amides is 1. The van der Waals surface area contributed by atoms with Crippen LogP contribution in [0.15, 0.2) is 50.7 Å². The highest BCUT2D eigenvalue weighted by atomic mass is 35.5. The smallest absolute Gasteiger partial charge is 0.336 e. The number of benzene rings is 2. The molecule has 1 amide bonds. The van der Waals surface area contributed by atoms with E-state index in [9.17, 15) is 9.59 Å². The van der Waals surface area contributed by atoms with Gasteiger partial charge in [0, 0.05) is 28.1 Å². The molecular formula is C20H16Cl2N2O5. The van der Waals surface area contributed by atoms with Crippen molar-refractivity contribution < 1.29 is 18.7 Å². The second kappa shape index (κ2) is 8.98. The summed E-state index contributed by atoms with van der Waals surface area (Å²) >= 11 is 12.0. The van der Waals surface area contributed by atoms with E-state index in [0.717, 1.165) is 10.9 Å². The number of hydrogen-bond donors (Lipinski definition) is 1. The van der Waals surface area contributed by atoms with Crippen molar-refractivity contribution in [2.24, 2.45) is 5.10 Å². The normalized spacial score (nSPS) is 11.0. The third-order valence-corrected chi connectivity index (χ3v) is 4.43. The third kappa shape index (κ3) is 5.07. The van der Waals surface area contributed by atoms with E-state index in [2.05, 4.69) is 10.5 Å². The van der Waals surface area contributed by atoms with Crippen LogP contribution in [0.3, 0.4) is 0 Å². The Morgan fingerprint density at radius 2 is 2.03 bits per heavy atom. The summed E-state index contributed by atoms with van der Waals surface area (Å²) in [6.07, 6.45) is 1.36. The van der Waals surface area contributed by atoms with Gasteiger partial charge in [0.1, 0.15) is 17.1 Å². The predicted molar refractivity (Wildman–Crippen MR) is 111 cm³/mol. The molecule has 1 N–H and O–H groups in total. The summed E-state index contributed by atoms with van der Waals surface area (Å²) in [6, 6.07) is 9.55. The van der Waals surface area contributed by atoms with Gasteiger partial charge in [-0.05, 0) is 36.8 Å². The number of aryl methyl sites for hydroxylation is 1. The van der Waals surface area contributed by atoms with E-state index < -0.39 is 11.5 Å². The standard InChI is InChI=1S/C20H16Cl2N2O5/c1-11-5-19(26)29-17-8-14(3-4-15(11)17)28-10-18(25)24-23-9-12-6-13(21)7-16(22)20(12)27-2/h3-9H,10H2,1-2H3,(H,24,25)/b23-9+. The van der Waals surface area contributed by atoms with Gasteiger partial charge in [-0.3, -0.25) is 4.79 Å². The highest BCUT2D eigenvalue weighted by molar-refractivity contribution is 6.36. The van der Waals surface area contributed by atoms with E-state index in [-0.39, 0.29) is 6.61 Å². The van der Waals surface area contributed by atoms with Gasteiger partial charge in [-0.25, -0.2) is 10.2 Å². The lowest BCUT2D eigenvalue weighted by Gasteiger charge is -2.08. The van der Waals surface area contributed by atoms with Crippen molar-refractivity contribution in [1.29, 1.82) is 0 Å². The molecule has 3 rings (SSSR count). The first-order valence-corrected chi connectivity index (χ1v) is 9.15. The summed E-state index contributed by atoms with van der Waals surface area (Å²) in [7, 11) is 1.46. The van der Waals surface area contributed by atoms with Crippen LogP contribution in [0, 0.1) is 6.92 Å². The molecule has 0 fully saturated rings. The van der Waals surface area contributed by atoms with Gasteiger partial charge in [0.05, 0.1) is 18.3 Å². The van der Waals surface area contributed by atoms with Crippen molar-refractivity contribution in [3.05, 3.63) is 68.0 Å². The minimum atomic E-state index is -0.487. The minimum absolute atomic E-state index is 0.285. The van der Waals surface area contributed by atoms with Gasteiger partial charge in [0.15, 0.2) is 6.61 Å². The van der Waals surface area contributed by atoms with Crippen LogP contribution in [0.4, 0.5) is 0 Å². The maximum Gasteiger partial charge on any atom is 0.336 e. The summed E-state index contributed by atoms with van der Waals surface area (Å²) in [5, 5.41) is 5.38. The van der Waals surface area contributed by atoms with Crippen LogP contribution >= 0.6 is 23.2 Å². The van der Waals surface area contributed by atoms with E-state index in [1.807, 2.05) is 6.92 Å². The molecule has 0 saturated carbocycles. The molecule has 0 aliphatic heterocycles. The number of halogens is 2. The Bertz CT molecular complexity index is 1160. The molecule has 1 aromatic heterocycles. The summed E-state index contributed by atoms with van der Waals surface area (Å²) < 4.78 is 15.8. The first-order valence-electron chi connectivity index (χ1n) is 8.39. The molecule has 0 aliphatic rings. The lowest BCUT2D eigenvalue weighted by atomic mass is 10.1. The summed E-state index contributed by atoms with van der Waals surface area (Å²) in [5.41, 5.74) is 3.58. The number of hydrogen-bond acceptors (Lipinski definition) is 6. The number of fused-ring (bicyclic) bond motifs is 1. The van der Waals surface area contributed by atoms with Gasteiger partial charge in [0.2, 0.25) is 0 Å². The topological polar surface area (TPSA) is 90.1 Å². The van der Waals surface area contributed by atoms with Gasteiger partial charge in [0.25, 0.3) is 5.91 Å². The molecule has 29 heavy (non-hydrogen) atoms. The predicted octanol–water partition coefficient (Wildman–Crippen LogP) is 3.95. The Balaban J connectivity index is 1.63. The van der Waals surface area contributed by atoms with Crippen LogP contribution in [0.2, 0.25) is 10.0 Å². The monoisotopic (exact) mass is 434 g/mol. The van der Waals surface area contributed by atoms with E-state index in [0.29, 0.717) is 32.7 Å². The first kappa shape index (κ1) is 20.7. The fraction of sp³-hybridized carbons (Fsp3) is 0.150. The molecule has 0 spiro atoms. The molecule has 7 nitrogen and oxygen atoms in total. The van der Waals surface area contributed by atoms with Gasteiger partial charge >= 0.3 is 5.63 Å². The lowest BCUT2D eigenvalue weighted by Crippen LogP contribution is -2.24. The Kier molecular flexibility index (Phi) is 6.41. The van der Waals surface area contributed by atoms with Gasteiger partial charge < -0.3 is 13.9 Å².